The number of nitrogens with zero attached hydrogens (tertiary/aromatic N) is 1. The molecule has 1 aromatic heterocycles. The fourth-order valence-electron chi connectivity index (χ4n) is 2.82. The van der Waals surface area contributed by atoms with Crippen LogP contribution in [0.4, 0.5) is 9.18 Å². The van der Waals surface area contributed by atoms with E-state index in [1.807, 2.05) is 27.7 Å². The zero-order valence-corrected chi connectivity index (χ0v) is 14.3. The van der Waals surface area contributed by atoms with E-state index < -0.39 is 0 Å². The van der Waals surface area contributed by atoms with Crippen LogP contribution in [0.25, 0.3) is 10.9 Å². The van der Waals surface area contributed by atoms with Crippen molar-refractivity contribution in [2.24, 2.45) is 0 Å². The molecule has 0 atom stereocenters. The first kappa shape index (κ1) is 17.3. The fourth-order valence-corrected chi connectivity index (χ4v) is 2.82. The van der Waals surface area contributed by atoms with E-state index in [-0.39, 0.29) is 18.0 Å². The zero-order valence-electron chi connectivity index (χ0n) is 14.3. The molecule has 0 unspecified atom stereocenters. The summed E-state index contributed by atoms with van der Waals surface area (Å²) in [4.78, 5) is 17.2. The number of hydrogen-bond acceptors (Lipinski definition) is 2. The van der Waals surface area contributed by atoms with Crippen LogP contribution in [0.1, 0.15) is 45.4 Å². The number of rotatable bonds is 1. The number of halogens is 1. The summed E-state index contributed by atoms with van der Waals surface area (Å²) in [5.41, 5.74) is 3.01. The minimum absolute atomic E-state index is 0.138. The summed E-state index contributed by atoms with van der Waals surface area (Å²) < 4.78 is 18.8. The maximum atomic E-state index is 13.5. The minimum Gasteiger partial charge on any atom is -0.447 e. The summed E-state index contributed by atoms with van der Waals surface area (Å²) in [5.74, 6) is -0.259. The first-order valence-corrected chi connectivity index (χ1v) is 8.29. The highest BCUT2D eigenvalue weighted by molar-refractivity contribution is 5.85. The third kappa shape index (κ3) is 3.84. The van der Waals surface area contributed by atoms with Crippen molar-refractivity contribution in [1.29, 1.82) is 0 Å². The molecule has 2 heterocycles. The van der Waals surface area contributed by atoms with Crippen molar-refractivity contribution < 1.29 is 13.9 Å². The Bertz CT molecular complexity index is 679. The van der Waals surface area contributed by atoms with Gasteiger partial charge in [0.1, 0.15) is 5.82 Å². The Morgan fingerprint density at radius 3 is 2.78 bits per heavy atom. The van der Waals surface area contributed by atoms with Gasteiger partial charge in [0.25, 0.3) is 0 Å². The summed E-state index contributed by atoms with van der Waals surface area (Å²) >= 11 is 0. The molecule has 2 aromatic rings. The molecular formula is C18H25FN2O2. The predicted octanol–water partition coefficient (Wildman–Crippen LogP) is 4.63. The van der Waals surface area contributed by atoms with Gasteiger partial charge in [0.2, 0.25) is 0 Å². The van der Waals surface area contributed by atoms with Crippen LogP contribution in [0.5, 0.6) is 0 Å². The second kappa shape index (κ2) is 7.49. The molecule has 1 N–H and O–H groups in total. The van der Waals surface area contributed by atoms with Gasteiger partial charge in [0.15, 0.2) is 0 Å². The van der Waals surface area contributed by atoms with Crippen LogP contribution >= 0.6 is 0 Å². The van der Waals surface area contributed by atoms with Gasteiger partial charge in [-0.15, -0.1) is 0 Å². The molecule has 0 bridgehead atoms. The van der Waals surface area contributed by atoms with Gasteiger partial charge < -0.3 is 14.6 Å². The number of fused-ring (bicyclic) bond motifs is 3. The largest absolute Gasteiger partial charge is 0.447 e. The average molecular weight is 320 g/mol. The van der Waals surface area contributed by atoms with Crippen LogP contribution in [0.2, 0.25) is 0 Å². The van der Waals surface area contributed by atoms with Gasteiger partial charge in [-0.1, -0.05) is 13.8 Å². The molecular weight excluding hydrogens is 295 g/mol. The van der Waals surface area contributed by atoms with E-state index in [4.69, 9.17) is 4.74 Å². The van der Waals surface area contributed by atoms with Gasteiger partial charge in [-0.25, -0.2) is 9.18 Å². The Kier molecular flexibility index (Phi) is 5.64. The first-order chi connectivity index (χ1) is 11.0. The molecule has 4 nitrogen and oxygen atoms in total. The highest BCUT2D eigenvalue weighted by Gasteiger charge is 2.23. The summed E-state index contributed by atoms with van der Waals surface area (Å²) in [7, 11) is 0. The van der Waals surface area contributed by atoms with Crippen molar-refractivity contribution in [1.82, 2.24) is 9.88 Å². The molecule has 0 radical (unpaired) electrons. The van der Waals surface area contributed by atoms with Crippen LogP contribution in [-0.2, 0) is 17.7 Å². The molecule has 0 saturated carbocycles. The van der Waals surface area contributed by atoms with E-state index in [0.29, 0.717) is 13.1 Å². The van der Waals surface area contributed by atoms with Gasteiger partial charge in [-0.05, 0) is 44.9 Å². The molecule has 1 aromatic carbocycles. The first-order valence-electron chi connectivity index (χ1n) is 8.29. The Hall–Kier alpha value is -2.04. The van der Waals surface area contributed by atoms with Crippen molar-refractivity contribution in [2.45, 2.75) is 53.2 Å². The topological polar surface area (TPSA) is 45.3 Å². The molecule has 126 valence electrons. The second-order valence-corrected chi connectivity index (χ2v) is 5.73. The molecule has 1 aliphatic rings. The average Bonchev–Trinajstić information content (AvgIpc) is 2.71. The van der Waals surface area contributed by atoms with Gasteiger partial charge in [-0.2, -0.15) is 0 Å². The van der Waals surface area contributed by atoms with E-state index in [0.717, 1.165) is 35.0 Å². The standard InChI is InChI=1S/C16H19FN2O2.C2H6/c1-10(2)21-16(20)19-7-3-4-14-13(9-19)12-8-11(17)5-6-15(12)18-14;1-2/h5-6,8,10,18H,3-4,7,9H2,1-2H3;1-2H3. The molecule has 0 spiro atoms. The number of amides is 1. The van der Waals surface area contributed by atoms with E-state index in [9.17, 15) is 9.18 Å². The normalized spacial score (nSPS) is 14.1. The Morgan fingerprint density at radius 1 is 1.35 bits per heavy atom. The smallest absolute Gasteiger partial charge is 0.410 e. The van der Waals surface area contributed by atoms with Crippen LogP contribution in [0.15, 0.2) is 18.2 Å². The molecule has 0 saturated heterocycles. The predicted molar refractivity (Wildman–Crippen MR) is 90.0 cm³/mol. The number of ether oxygens (including phenoxy) is 1. The zero-order chi connectivity index (χ0) is 17.0. The van der Waals surface area contributed by atoms with E-state index in [2.05, 4.69) is 4.98 Å². The summed E-state index contributed by atoms with van der Waals surface area (Å²) in [6.45, 7) is 8.79. The maximum Gasteiger partial charge on any atom is 0.410 e. The van der Waals surface area contributed by atoms with Gasteiger partial charge in [0.05, 0.1) is 12.6 Å². The second-order valence-electron chi connectivity index (χ2n) is 5.73. The van der Waals surface area contributed by atoms with E-state index in [1.54, 1.807) is 11.0 Å². The third-order valence-electron chi connectivity index (χ3n) is 3.76. The van der Waals surface area contributed by atoms with Crippen LogP contribution in [0, 0.1) is 5.82 Å². The lowest BCUT2D eigenvalue weighted by atomic mass is 10.1. The van der Waals surface area contributed by atoms with Crippen molar-refractivity contribution in [3.63, 3.8) is 0 Å². The van der Waals surface area contributed by atoms with Crippen molar-refractivity contribution in [3.05, 3.63) is 35.3 Å². The van der Waals surface area contributed by atoms with Crippen LogP contribution < -0.4 is 0 Å². The van der Waals surface area contributed by atoms with Crippen molar-refractivity contribution >= 4 is 17.0 Å². The van der Waals surface area contributed by atoms with Crippen LogP contribution in [-0.4, -0.2) is 28.6 Å². The highest BCUT2D eigenvalue weighted by atomic mass is 19.1. The number of aromatic amines is 1. The lowest BCUT2D eigenvalue weighted by Crippen LogP contribution is -2.32. The third-order valence-corrected chi connectivity index (χ3v) is 3.76. The Labute approximate surface area is 136 Å². The van der Waals surface area contributed by atoms with E-state index in [1.165, 1.54) is 12.1 Å². The van der Waals surface area contributed by atoms with E-state index >= 15 is 0 Å². The van der Waals surface area contributed by atoms with Crippen molar-refractivity contribution in [3.8, 4) is 0 Å². The highest BCUT2D eigenvalue weighted by Crippen LogP contribution is 2.28. The number of carbonyl (C=O) groups is 1. The Balaban J connectivity index is 0.000000924. The van der Waals surface area contributed by atoms with Gasteiger partial charge in [-0.3, -0.25) is 0 Å². The SMILES string of the molecule is CC.CC(C)OC(=O)N1CCCc2[nH]c3ccc(F)cc3c2C1. The molecule has 0 aliphatic carbocycles. The number of aromatic nitrogens is 1. The van der Waals surface area contributed by atoms with Gasteiger partial charge >= 0.3 is 6.09 Å². The number of benzene rings is 1. The van der Waals surface area contributed by atoms with Gasteiger partial charge in [0, 0.05) is 28.7 Å². The fraction of sp³-hybridized carbons (Fsp3) is 0.500. The molecule has 3 rings (SSSR count). The molecule has 5 heteroatoms. The molecule has 0 fully saturated rings. The number of hydrogen-bond donors (Lipinski definition) is 1. The maximum absolute atomic E-state index is 13.5. The number of nitrogens with one attached hydrogen (secondary N) is 1. The van der Waals surface area contributed by atoms with Crippen molar-refractivity contribution in [2.75, 3.05) is 6.54 Å². The molecule has 23 heavy (non-hydrogen) atoms. The minimum atomic E-state index is -0.302. The Morgan fingerprint density at radius 2 is 2.09 bits per heavy atom. The number of carbonyl (C=O) groups excluding carboxylic acids is 1. The molecule has 1 amide bonds. The lowest BCUT2D eigenvalue weighted by Gasteiger charge is -2.21. The quantitative estimate of drug-likeness (QED) is 0.833. The number of aryl methyl sites for hydroxylation is 1. The molecule has 1 aliphatic heterocycles. The van der Waals surface area contributed by atoms with Crippen LogP contribution in [0.3, 0.4) is 0 Å². The lowest BCUT2D eigenvalue weighted by molar-refractivity contribution is 0.0751. The summed E-state index contributed by atoms with van der Waals surface area (Å²) in [5, 5.41) is 0.856. The number of H-pyrrole nitrogens is 1. The summed E-state index contributed by atoms with van der Waals surface area (Å²) in [6.07, 6.45) is 1.29. The summed E-state index contributed by atoms with van der Waals surface area (Å²) in [6, 6.07) is 4.72. The monoisotopic (exact) mass is 320 g/mol.